The van der Waals surface area contributed by atoms with Crippen LogP contribution in [0.2, 0.25) is 5.02 Å². The van der Waals surface area contributed by atoms with E-state index >= 15 is 0 Å². The summed E-state index contributed by atoms with van der Waals surface area (Å²) in [6.45, 7) is 1.81. The van der Waals surface area contributed by atoms with E-state index in [0.717, 1.165) is 11.1 Å². The third kappa shape index (κ3) is 5.38. The second-order valence-corrected chi connectivity index (χ2v) is 8.31. The summed E-state index contributed by atoms with van der Waals surface area (Å²) in [5, 5.41) is 12.6. The van der Waals surface area contributed by atoms with Crippen LogP contribution >= 0.6 is 11.6 Å². The Morgan fingerprint density at radius 1 is 1.00 bits per heavy atom. The fourth-order valence-corrected chi connectivity index (χ4v) is 3.71. The van der Waals surface area contributed by atoms with E-state index in [2.05, 4.69) is 10.3 Å². The van der Waals surface area contributed by atoms with E-state index in [9.17, 15) is 14.0 Å². The van der Waals surface area contributed by atoms with Crippen molar-refractivity contribution in [3.05, 3.63) is 94.4 Å². The van der Waals surface area contributed by atoms with Gasteiger partial charge in [-0.05, 0) is 55.0 Å². The molecule has 0 unspecified atom stereocenters. The van der Waals surface area contributed by atoms with Gasteiger partial charge in [0, 0.05) is 22.6 Å². The largest absolute Gasteiger partial charge is 0.481 e. The van der Waals surface area contributed by atoms with Crippen molar-refractivity contribution in [3.8, 4) is 11.3 Å². The zero-order valence-electron chi connectivity index (χ0n) is 18.3. The smallest absolute Gasteiger partial charge is 0.303 e. The van der Waals surface area contributed by atoms with Crippen molar-refractivity contribution in [2.45, 2.75) is 25.8 Å². The Bertz CT molecular complexity index is 1360. The number of aromatic nitrogens is 2. The number of hydrogen-bond donors (Lipinski definition) is 2. The maximum atomic E-state index is 13.2. The fourth-order valence-electron chi connectivity index (χ4n) is 3.59. The van der Waals surface area contributed by atoms with Gasteiger partial charge in [0.15, 0.2) is 0 Å². The highest BCUT2D eigenvalue weighted by Crippen LogP contribution is 2.26. The Hall–Kier alpha value is -3.84. The van der Waals surface area contributed by atoms with Gasteiger partial charge < -0.3 is 10.4 Å². The summed E-state index contributed by atoms with van der Waals surface area (Å²) < 4.78 is 13.2. The highest BCUT2D eigenvalue weighted by molar-refractivity contribution is 6.30. The van der Waals surface area contributed by atoms with E-state index in [0.29, 0.717) is 33.0 Å². The monoisotopic (exact) mass is 477 g/mol. The number of carboxylic acids is 1. The number of carboxylic acid groups (broad SMARTS) is 1. The van der Waals surface area contributed by atoms with Crippen LogP contribution in [0.25, 0.3) is 22.3 Å². The van der Waals surface area contributed by atoms with Crippen molar-refractivity contribution in [3.63, 3.8) is 0 Å². The van der Waals surface area contributed by atoms with Gasteiger partial charge in [0.25, 0.3) is 5.91 Å². The summed E-state index contributed by atoms with van der Waals surface area (Å²) in [6.07, 6.45) is 0.0877. The molecular formula is C26H21ClFN3O3. The first-order valence-electron chi connectivity index (χ1n) is 10.6. The zero-order chi connectivity index (χ0) is 24.2. The lowest BCUT2D eigenvalue weighted by atomic mass is 10.0. The van der Waals surface area contributed by atoms with Crippen molar-refractivity contribution in [2.75, 3.05) is 0 Å². The Labute approximate surface area is 200 Å². The molecule has 0 bridgehead atoms. The number of rotatable bonds is 7. The van der Waals surface area contributed by atoms with Gasteiger partial charge >= 0.3 is 5.97 Å². The van der Waals surface area contributed by atoms with Gasteiger partial charge in [0.2, 0.25) is 0 Å². The first-order chi connectivity index (χ1) is 16.3. The summed E-state index contributed by atoms with van der Waals surface area (Å²) in [4.78, 5) is 33.4. The van der Waals surface area contributed by atoms with E-state index in [4.69, 9.17) is 21.7 Å². The Balaban J connectivity index is 1.66. The molecule has 0 saturated carbocycles. The van der Waals surface area contributed by atoms with Gasteiger partial charge in [-0.3, -0.25) is 9.59 Å². The number of nitrogens with one attached hydrogen (secondary N) is 1. The van der Waals surface area contributed by atoms with Crippen molar-refractivity contribution in [1.82, 2.24) is 15.3 Å². The molecule has 0 aliphatic rings. The zero-order valence-corrected chi connectivity index (χ0v) is 19.0. The molecule has 1 amide bonds. The predicted octanol–water partition coefficient (Wildman–Crippen LogP) is 5.60. The molecule has 1 atom stereocenters. The number of carbonyl (C=O) groups excluding carboxylic acids is 1. The highest BCUT2D eigenvalue weighted by Gasteiger charge is 2.16. The van der Waals surface area contributed by atoms with E-state index in [1.54, 1.807) is 54.6 Å². The number of hydrogen-bond acceptors (Lipinski definition) is 4. The Kier molecular flexibility index (Phi) is 6.84. The molecule has 0 aliphatic carbocycles. The lowest BCUT2D eigenvalue weighted by molar-refractivity contribution is -0.136. The van der Waals surface area contributed by atoms with Crippen LogP contribution in [-0.2, 0) is 11.2 Å². The SMILES string of the molecule is C[C@@H](NC(=O)c1ccc2nc(-c3ccc(Cl)cc3)c(CCC(=O)O)nc2c1)c1ccc(F)cc1. The van der Waals surface area contributed by atoms with Gasteiger partial charge in [0.05, 0.1) is 34.9 Å². The molecule has 0 spiro atoms. The minimum absolute atomic E-state index is 0.101. The van der Waals surface area contributed by atoms with E-state index in [1.807, 2.05) is 6.92 Å². The lowest BCUT2D eigenvalue weighted by Crippen LogP contribution is -2.26. The van der Waals surface area contributed by atoms with Gasteiger partial charge in [-0.15, -0.1) is 0 Å². The molecule has 0 radical (unpaired) electrons. The van der Waals surface area contributed by atoms with Gasteiger partial charge in [0.1, 0.15) is 5.82 Å². The minimum Gasteiger partial charge on any atom is -0.481 e. The highest BCUT2D eigenvalue weighted by atomic mass is 35.5. The number of carbonyl (C=O) groups is 2. The molecule has 6 nitrogen and oxygen atoms in total. The number of benzene rings is 3. The van der Waals surface area contributed by atoms with Crippen LogP contribution in [-0.4, -0.2) is 27.0 Å². The third-order valence-corrected chi connectivity index (χ3v) is 5.66. The van der Waals surface area contributed by atoms with Crippen LogP contribution in [0.4, 0.5) is 4.39 Å². The van der Waals surface area contributed by atoms with E-state index < -0.39 is 5.97 Å². The van der Waals surface area contributed by atoms with Crippen LogP contribution in [0, 0.1) is 5.82 Å². The van der Waals surface area contributed by atoms with E-state index in [-0.39, 0.29) is 30.6 Å². The molecular weight excluding hydrogens is 457 g/mol. The predicted molar refractivity (Wildman–Crippen MR) is 128 cm³/mol. The maximum absolute atomic E-state index is 13.2. The lowest BCUT2D eigenvalue weighted by Gasteiger charge is -2.15. The Morgan fingerprint density at radius 2 is 1.71 bits per heavy atom. The van der Waals surface area contributed by atoms with Crippen molar-refractivity contribution < 1.29 is 19.1 Å². The third-order valence-electron chi connectivity index (χ3n) is 5.41. The maximum Gasteiger partial charge on any atom is 0.303 e. The number of aliphatic carboxylic acids is 1. The minimum atomic E-state index is -0.938. The summed E-state index contributed by atoms with van der Waals surface area (Å²) in [5.74, 6) is -1.59. The van der Waals surface area contributed by atoms with Crippen LogP contribution in [0.1, 0.15) is 41.0 Å². The van der Waals surface area contributed by atoms with Crippen LogP contribution in [0.5, 0.6) is 0 Å². The number of fused-ring (bicyclic) bond motifs is 1. The molecule has 172 valence electrons. The summed E-state index contributed by atoms with van der Waals surface area (Å²) >= 11 is 6.00. The molecule has 0 aliphatic heterocycles. The van der Waals surface area contributed by atoms with Gasteiger partial charge in [-0.25, -0.2) is 14.4 Å². The van der Waals surface area contributed by atoms with Crippen molar-refractivity contribution in [2.24, 2.45) is 0 Å². The number of amides is 1. The molecule has 2 N–H and O–H groups in total. The second-order valence-electron chi connectivity index (χ2n) is 7.87. The molecule has 4 rings (SSSR count). The Morgan fingerprint density at radius 3 is 2.38 bits per heavy atom. The van der Waals surface area contributed by atoms with Gasteiger partial charge in [-0.1, -0.05) is 35.9 Å². The molecule has 3 aromatic carbocycles. The average molecular weight is 478 g/mol. The first kappa shape index (κ1) is 23.3. The van der Waals surface area contributed by atoms with E-state index in [1.165, 1.54) is 12.1 Å². The molecule has 8 heteroatoms. The number of halogens is 2. The van der Waals surface area contributed by atoms with Crippen LogP contribution in [0.15, 0.2) is 66.7 Å². The number of nitrogens with zero attached hydrogens (tertiary/aromatic N) is 2. The summed E-state index contributed by atoms with van der Waals surface area (Å²) in [6, 6.07) is 17.7. The molecule has 1 aromatic heterocycles. The van der Waals surface area contributed by atoms with Crippen LogP contribution < -0.4 is 5.32 Å². The molecule has 0 saturated heterocycles. The average Bonchev–Trinajstić information content (AvgIpc) is 2.82. The van der Waals surface area contributed by atoms with Crippen molar-refractivity contribution in [1.29, 1.82) is 0 Å². The quantitative estimate of drug-likeness (QED) is 0.361. The summed E-state index contributed by atoms with van der Waals surface area (Å²) in [5.41, 5.74) is 4.10. The number of aryl methyl sites for hydroxylation is 1. The molecule has 4 aromatic rings. The molecule has 0 fully saturated rings. The first-order valence-corrected chi connectivity index (χ1v) is 11.0. The molecule has 34 heavy (non-hydrogen) atoms. The topological polar surface area (TPSA) is 92.2 Å². The molecule has 1 heterocycles. The van der Waals surface area contributed by atoms with Crippen LogP contribution in [0.3, 0.4) is 0 Å². The normalized spacial score (nSPS) is 11.9. The fraction of sp³-hybridized carbons (Fsp3) is 0.154. The summed E-state index contributed by atoms with van der Waals surface area (Å²) in [7, 11) is 0. The van der Waals surface area contributed by atoms with Gasteiger partial charge in [-0.2, -0.15) is 0 Å². The standard InChI is InChI=1S/C26H21ClFN3O3/c1-15(16-4-9-20(28)10-5-16)29-26(34)18-6-11-21-23(14-18)30-22(12-13-24(32)33)25(31-21)17-2-7-19(27)8-3-17/h2-11,14-15H,12-13H2,1H3,(H,29,34)(H,32,33)/t15-/m1/s1. The second kappa shape index (κ2) is 9.97. The van der Waals surface area contributed by atoms with Crippen molar-refractivity contribution >= 4 is 34.5 Å².